The topological polar surface area (TPSA) is 78.8 Å². The SMILES string of the molecule is CSc1nc(-c2cc(Cl)ccc2OCc2cccc(C)c2)c(C#N)c(=O)[nH]1. The molecule has 2 aromatic carbocycles. The second-order valence-corrected chi connectivity index (χ2v) is 7.06. The van der Waals surface area contributed by atoms with E-state index in [0.717, 1.165) is 11.1 Å². The van der Waals surface area contributed by atoms with Gasteiger partial charge in [0.05, 0.1) is 0 Å². The van der Waals surface area contributed by atoms with E-state index in [9.17, 15) is 10.1 Å². The van der Waals surface area contributed by atoms with Crippen LogP contribution in [0.15, 0.2) is 52.4 Å². The first kappa shape index (κ1) is 19.0. The summed E-state index contributed by atoms with van der Waals surface area (Å²) in [6.45, 7) is 2.36. The molecule has 0 amide bonds. The van der Waals surface area contributed by atoms with Gasteiger partial charge in [-0.15, -0.1) is 0 Å². The van der Waals surface area contributed by atoms with Crippen LogP contribution < -0.4 is 10.3 Å². The number of nitrogens with zero attached hydrogens (tertiary/aromatic N) is 2. The van der Waals surface area contributed by atoms with Gasteiger partial charge in [-0.2, -0.15) is 5.26 Å². The lowest BCUT2D eigenvalue weighted by Crippen LogP contribution is -2.15. The number of hydrogen-bond acceptors (Lipinski definition) is 5. The van der Waals surface area contributed by atoms with Gasteiger partial charge in [0.15, 0.2) is 5.16 Å². The number of hydrogen-bond donors (Lipinski definition) is 1. The van der Waals surface area contributed by atoms with E-state index in [1.807, 2.05) is 37.3 Å². The van der Waals surface area contributed by atoms with E-state index < -0.39 is 5.56 Å². The summed E-state index contributed by atoms with van der Waals surface area (Å²) in [7, 11) is 0. The summed E-state index contributed by atoms with van der Waals surface area (Å²) in [6.07, 6.45) is 1.79. The molecule has 0 aliphatic heterocycles. The predicted molar refractivity (Wildman–Crippen MR) is 107 cm³/mol. The summed E-state index contributed by atoms with van der Waals surface area (Å²) >= 11 is 7.44. The molecule has 0 unspecified atom stereocenters. The zero-order valence-corrected chi connectivity index (χ0v) is 16.3. The Kier molecular flexibility index (Phi) is 5.84. The number of nitriles is 1. The minimum Gasteiger partial charge on any atom is -0.488 e. The molecule has 0 atom stereocenters. The molecular formula is C20H16ClN3O2S. The fourth-order valence-electron chi connectivity index (χ4n) is 2.62. The first-order chi connectivity index (χ1) is 13.0. The van der Waals surface area contributed by atoms with E-state index in [0.29, 0.717) is 28.1 Å². The maximum Gasteiger partial charge on any atom is 0.270 e. The van der Waals surface area contributed by atoms with Crippen molar-refractivity contribution in [3.05, 3.63) is 74.5 Å². The fraction of sp³-hybridized carbons (Fsp3) is 0.150. The van der Waals surface area contributed by atoms with Crippen molar-refractivity contribution in [2.45, 2.75) is 18.7 Å². The zero-order chi connectivity index (χ0) is 19.4. The van der Waals surface area contributed by atoms with Crippen LogP contribution in [0.3, 0.4) is 0 Å². The highest BCUT2D eigenvalue weighted by atomic mass is 35.5. The van der Waals surface area contributed by atoms with Crippen LogP contribution >= 0.6 is 23.4 Å². The lowest BCUT2D eigenvalue weighted by Gasteiger charge is -2.13. The standard InChI is InChI=1S/C20H16ClN3O2S/c1-12-4-3-5-13(8-12)11-26-17-7-6-14(21)9-15(17)18-16(10-22)19(25)24-20(23-18)27-2/h3-9H,11H2,1-2H3,(H,23,24,25). The molecule has 27 heavy (non-hydrogen) atoms. The summed E-state index contributed by atoms with van der Waals surface area (Å²) < 4.78 is 5.97. The second kappa shape index (κ2) is 8.30. The minimum atomic E-state index is -0.489. The van der Waals surface area contributed by atoms with Crippen LogP contribution in [-0.4, -0.2) is 16.2 Å². The molecule has 1 aromatic heterocycles. The van der Waals surface area contributed by atoms with Crippen molar-refractivity contribution in [1.82, 2.24) is 9.97 Å². The lowest BCUT2D eigenvalue weighted by molar-refractivity contribution is 0.307. The molecule has 136 valence electrons. The molecule has 3 aromatic rings. The molecule has 0 bridgehead atoms. The number of nitrogens with one attached hydrogen (secondary N) is 1. The molecule has 0 aliphatic rings. The third kappa shape index (κ3) is 4.33. The largest absolute Gasteiger partial charge is 0.488 e. The van der Waals surface area contributed by atoms with Crippen LogP contribution in [0.1, 0.15) is 16.7 Å². The second-order valence-electron chi connectivity index (χ2n) is 5.83. The molecule has 0 spiro atoms. The summed E-state index contributed by atoms with van der Waals surface area (Å²) in [5.74, 6) is 0.502. The molecular weight excluding hydrogens is 382 g/mol. The Labute approximate surface area is 166 Å². The lowest BCUT2D eigenvalue weighted by atomic mass is 10.1. The van der Waals surface area contributed by atoms with E-state index in [-0.39, 0.29) is 11.3 Å². The first-order valence-electron chi connectivity index (χ1n) is 8.08. The van der Waals surface area contributed by atoms with Gasteiger partial charge < -0.3 is 9.72 Å². The predicted octanol–water partition coefficient (Wildman–Crippen LogP) is 4.57. The van der Waals surface area contributed by atoms with Gasteiger partial charge >= 0.3 is 0 Å². The molecule has 5 nitrogen and oxygen atoms in total. The highest BCUT2D eigenvalue weighted by molar-refractivity contribution is 7.98. The summed E-state index contributed by atoms with van der Waals surface area (Å²) in [6, 6.07) is 15.0. The van der Waals surface area contributed by atoms with Crippen LogP contribution in [-0.2, 0) is 6.61 Å². The van der Waals surface area contributed by atoms with Crippen molar-refractivity contribution >= 4 is 23.4 Å². The highest BCUT2D eigenvalue weighted by Crippen LogP contribution is 2.33. The summed E-state index contributed by atoms with van der Waals surface area (Å²) in [4.78, 5) is 19.2. The first-order valence-corrected chi connectivity index (χ1v) is 9.68. The molecule has 0 saturated heterocycles. The van der Waals surface area contributed by atoms with E-state index in [2.05, 4.69) is 9.97 Å². The third-order valence-electron chi connectivity index (χ3n) is 3.88. The van der Waals surface area contributed by atoms with Gasteiger partial charge in [-0.1, -0.05) is 53.2 Å². The molecule has 1 N–H and O–H groups in total. The quantitative estimate of drug-likeness (QED) is 0.504. The third-order valence-corrected chi connectivity index (χ3v) is 4.69. The van der Waals surface area contributed by atoms with Crippen molar-refractivity contribution in [2.75, 3.05) is 6.26 Å². The van der Waals surface area contributed by atoms with Crippen molar-refractivity contribution in [3.8, 4) is 23.1 Å². The van der Waals surface area contributed by atoms with Crippen molar-refractivity contribution in [2.24, 2.45) is 0 Å². The molecule has 1 heterocycles. The zero-order valence-electron chi connectivity index (χ0n) is 14.7. The number of aromatic nitrogens is 2. The molecule has 0 saturated carbocycles. The van der Waals surface area contributed by atoms with Gasteiger partial charge in [-0.05, 0) is 36.9 Å². The van der Waals surface area contributed by atoms with Crippen LogP contribution in [0.25, 0.3) is 11.3 Å². The number of halogens is 1. The maximum atomic E-state index is 12.2. The number of H-pyrrole nitrogens is 1. The van der Waals surface area contributed by atoms with Gasteiger partial charge in [-0.3, -0.25) is 4.79 Å². The van der Waals surface area contributed by atoms with Crippen LogP contribution in [0, 0.1) is 18.3 Å². The van der Waals surface area contributed by atoms with Gasteiger partial charge in [0.25, 0.3) is 5.56 Å². The number of aromatic amines is 1. The Morgan fingerprint density at radius 1 is 1.30 bits per heavy atom. The molecule has 0 radical (unpaired) electrons. The summed E-state index contributed by atoms with van der Waals surface area (Å²) in [5, 5.41) is 10.3. The Bertz CT molecular complexity index is 1090. The molecule has 0 fully saturated rings. The van der Waals surface area contributed by atoms with Crippen molar-refractivity contribution in [3.63, 3.8) is 0 Å². The smallest absolute Gasteiger partial charge is 0.270 e. The Hall–Kier alpha value is -2.75. The van der Waals surface area contributed by atoms with Gasteiger partial charge in [0.2, 0.25) is 0 Å². The molecule has 3 rings (SSSR count). The monoisotopic (exact) mass is 397 g/mol. The average Bonchev–Trinajstić information content (AvgIpc) is 2.66. The van der Waals surface area contributed by atoms with E-state index in [1.54, 1.807) is 24.5 Å². The maximum absolute atomic E-state index is 12.2. The van der Waals surface area contributed by atoms with Crippen LogP contribution in [0.5, 0.6) is 5.75 Å². The van der Waals surface area contributed by atoms with Crippen LogP contribution in [0.2, 0.25) is 5.02 Å². The molecule has 0 aliphatic carbocycles. The number of rotatable bonds is 5. The van der Waals surface area contributed by atoms with Crippen molar-refractivity contribution < 1.29 is 4.74 Å². The van der Waals surface area contributed by atoms with E-state index >= 15 is 0 Å². The molecule has 7 heteroatoms. The fourth-order valence-corrected chi connectivity index (χ4v) is 3.17. The Balaban J connectivity index is 2.06. The van der Waals surface area contributed by atoms with E-state index in [4.69, 9.17) is 16.3 Å². The number of ether oxygens (including phenoxy) is 1. The highest BCUT2D eigenvalue weighted by Gasteiger charge is 2.18. The van der Waals surface area contributed by atoms with Crippen molar-refractivity contribution in [1.29, 1.82) is 5.26 Å². The van der Waals surface area contributed by atoms with Gasteiger partial charge in [0.1, 0.15) is 29.7 Å². The number of thioether (sulfide) groups is 1. The van der Waals surface area contributed by atoms with E-state index in [1.165, 1.54) is 11.8 Å². The van der Waals surface area contributed by atoms with Gasteiger partial charge in [-0.25, -0.2) is 4.98 Å². The summed E-state index contributed by atoms with van der Waals surface area (Å²) in [5.41, 5.74) is 2.35. The average molecular weight is 398 g/mol. The Morgan fingerprint density at radius 3 is 2.81 bits per heavy atom. The number of benzene rings is 2. The number of aryl methyl sites for hydroxylation is 1. The minimum absolute atomic E-state index is 0.0736. The van der Waals surface area contributed by atoms with Crippen LogP contribution in [0.4, 0.5) is 0 Å². The van der Waals surface area contributed by atoms with Gasteiger partial charge in [0, 0.05) is 10.6 Å². The normalized spacial score (nSPS) is 10.4. The Morgan fingerprint density at radius 2 is 2.11 bits per heavy atom.